The highest BCUT2D eigenvalue weighted by Gasteiger charge is 2.13. The molecule has 4 aromatic rings. The third-order valence-corrected chi connectivity index (χ3v) is 4.82. The zero-order chi connectivity index (χ0) is 21.8. The number of hydrogen-bond acceptors (Lipinski definition) is 0. The Morgan fingerprint density at radius 1 is 0.552 bits per heavy atom. The van der Waals surface area contributed by atoms with E-state index in [0.29, 0.717) is 0 Å². The van der Waals surface area contributed by atoms with E-state index in [1.165, 1.54) is 43.8 Å². The minimum Gasteiger partial charge on any atom is -0.0683 e. The first-order valence-electron chi connectivity index (χ1n) is 11.3. The summed E-state index contributed by atoms with van der Waals surface area (Å²) in [5.74, 6) is 0. The van der Waals surface area contributed by atoms with Crippen LogP contribution in [0.3, 0.4) is 0 Å². The molecular formula is C29H38. The predicted molar refractivity (Wildman–Crippen MR) is 135 cm³/mol. The Balaban J connectivity index is 0.000000644. The third-order valence-electron chi connectivity index (χ3n) is 4.82. The van der Waals surface area contributed by atoms with Crippen LogP contribution < -0.4 is 0 Å². The van der Waals surface area contributed by atoms with Gasteiger partial charge in [0, 0.05) is 0 Å². The lowest BCUT2D eigenvalue weighted by molar-refractivity contribution is 1.15. The minimum atomic E-state index is 1.07. The fourth-order valence-corrected chi connectivity index (χ4v) is 3.61. The van der Waals surface area contributed by atoms with Crippen molar-refractivity contribution in [3.05, 3.63) is 83.9 Å². The highest BCUT2D eigenvalue weighted by molar-refractivity contribution is 6.15. The van der Waals surface area contributed by atoms with Gasteiger partial charge in [0.2, 0.25) is 0 Å². The molecule has 0 spiro atoms. The molecule has 0 aliphatic heterocycles. The Morgan fingerprint density at radius 2 is 1.10 bits per heavy atom. The summed E-state index contributed by atoms with van der Waals surface area (Å²) in [6, 6.07) is 26.5. The first-order chi connectivity index (χ1) is 14.3. The van der Waals surface area contributed by atoms with Crippen molar-refractivity contribution in [2.75, 3.05) is 0 Å². The van der Waals surface area contributed by atoms with Crippen LogP contribution in [0.5, 0.6) is 0 Å². The second-order valence-electron chi connectivity index (χ2n) is 6.15. The van der Waals surface area contributed by atoms with Crippen LogP contribution in [0.15, 0.2) is 72.8 Å². The Hall–Kier alpha value is -2.60. The van der Waals surface area contributed by atoms with Crippen LogP contribution in [0.25, 0.3) is 32.7 Å². The molecule has 4 rings (SSSR count). The van der Waals surface area contributed by atoms with Gasteiger partial charge in [0.05, 0.1) is 0 Å². The van der Waals surface area contributed by atoms with E-state index >= 15 is 0 Å². The Bertz CT molecular complexity index is 995. The Labute approximate surface area is 178 Å². The molecule has 0 saturated carbocycles. The molecule has 0 bridgehead atoms. The topological polar surface area (TPSA) is 0 Å². The predicted octanol–water partition coefficient (Wildman–Crippen LogP) is 9.61. The van der Waals surface area contributed by atoms with Gasteiger partial charge in [0.25, 0.3) is 0 Å². The van der Waals surface area contributed by atoms with Gasteiger partial charge in [-0.15, -0.1) is 0 Å². The molecule has 0 aliphatic rings. The van der Waals surface area contributed by atoms with E-state index in [9.17, 15) is 0 Å². The van der Waals surface area contributed by atoms with Crippen LogP contribution in [-0.2, 0) is 6.42 Å². The second-order valence-corrected chi connectivity index (χ2v) is 6.15. The monoisotopic (exact) mass is 386 g/mol. The molecule has 154 valence electrons. The molecule has 0 fully saturated rings. The highest BCUT2D eigenvalue weighted by atomic mass is 14.2. The lowest BCUT2D eigenvalue weighted by Gasteiger charge is -2.16. The van der Waals surface area contributed by atoms with Crippen molar-refractivity contribution in [2.24, 2.45) is 0 Å². The molecule has 0 heterocycles. The summed E-state index contributed by atoms with van der Waals surface area (Å²) in [7, 11) is 0. The molecule has 4 aromatic carbocycles. The lowest BCUT2D eigenvalue weighted by atomic mass is 9.88. The van der Waals surface area contributed by atoms with E-state index < -0.39 is 0 Å². The first-order valence-corrected chi connectivity index (χ1v) is 11.3. The fourth-order valence-electron chi connectivity index (χ4n) is 3.61. The fraction of sp³-hybridized carbons (Fsp3) is 0.310. The molecule has 0 N–H and O–H groups in total. The van der Waals surface area contributed by atoms with Gasteiger partial charge in [-0.05, 0) is 57.1 Å². The molecule has 29 heavy (non-hydrogen) atoms. The van der Waals surface area contributed by atoms with Crippen molar-refractivity contribution >= 4 is 21.5 Å². The van der Waals surface area contributed by atoms with Crippen molar-refractivity contribution in [1.82, 2.24) is 0 Å². The van der Waals surface area contributed by atoms with E-state index in [0.717, 1.165) is 6.42 Å². The molecular weight excluding hydrogens is 348 g/mol. The highest BCUT2D eigenvalue weighted by Crippen LogP contribution is 2.38. The van der Waals surface area contributed by atoms with E-state index in [1.54, 1.807) is 0 Å². The summed E-state index contributed by atoms with van der Waals surface area (Å²) in [5, 5.41) is 5.43. The Morgan fingerprint density at radius 3 is 1.69 bits per heavy atom. The van der Waals surface area contributed by atoms with E-state index in [4.69, 9.17) is 0 Å². The standard InChI is InChI=1S/C23H20.3C2H6/c1-3-17-13-14-21-22(15-17)20-12-8-7-11-19(20)16(2)23(21)18-9-5-4-6-10-18;3*1-2/h4-15H,3H2,1-2H3;3*1-2H3. The largest absolute Gasteiger partial charge is 0.0683 e. The summed E-state index contributed by atoms with van der Waals surface area (Å²) in [6.45, 7) is 16.5. The van der Waals surface area contributed by atoms with Gasteiger partial charge < -0.3 is 0 Å². The number of aryl methyl sites for hydroxylation is 2. The van der Waals surface area contributed by atoms with Crippen molar-refractivity contribution in [3.63, 3.8) is 0 Å². The van der Waals surface area contributed by atoms with E-state index in [-0.39, 0.29) is 0 Å². The maximum atomic E-state index is 2.36. The lowest BCUT2D eigenvalue weighted by Crippen LogP contribution is -1.91. The van der Waals surface area contributed by atoms with Crippen molar-refractivity contribution in [3.8, 4) is 11.1 Å². The molecule has 0 nitrogen and oxygen atoms in total. The van der Waals surface area contributed by atoms with Gasteiger partial charge in [0.15, 0.2) is 0 Å². The molecule has 0 saturated heterocycles. The average molecular weight is 387 g/mol. The molecule has 0 amide bonds. The van der Waals surface area contributed by atoms with E-state index in [2.05, 4.69) is 86.6 Å². The van der Waals surface area contributed by atoms with Crippen molar-refractivity contribution < 1.29 is 0 Å². The Kier molecular flexibility index (Phi) is 10.8. The second kappa shape index (κ2) is 12.8. The van der Waals surface area contributed by atoms with Gasteiger partial charge in [0.1, 0.15) is 0 Å². The summed E-state index contributed by atoms with van der Waals surface area (Å²) in [4.78, 5) is 0. The number of rotatable bonds is 2. The average Bonchev–Trinajstić information content (AvgIpc) is 2.84. The number of benzene rings is 4. The van der Waals surface area contributed by atoms with Crippen LogP contribution in [0.2, 0.25) is 0 Å². The third kappa shape index (κ3) is 5.26. The number of fused-ring (bicyclic) bond motifs is 3. The summed E-state index contributed by atoms with van der Waals surface area (Å²) in [5.41, 5.74) is 5.42. The van der Waals surface area contributed by atoms with Crippen molar-refractivity contribution in [1.29, 1.82) is 0 Å². The molecule has 0 radical (unpaired) electrons. The first kappa shape index (κ1) is 24.4. The molecule has 0 aromatic heterocycles. The van der Waals surface area contributed by atoms with Gasteiger partial charge in [-0.25, -0.2) is 0 Å². The quantitative estimate of drug-likeness (QED) is 0.301. The summed E-state index contributed by atoms with van der Waals surface area (Å²) in [6.07, 6.45) is 1.07. The zero-order valence-corrected chi connectivity index (χ0v) is 19.6. The maximum Gasteiger partial charge on any atom is -0.00697 e. The van der Waals surface area contributed by atoms with Crippen LogP contribution in [0.1, 0.15) is 59.6 Å². The van der Waals surface area contributed by atoms with Crippen LogP contribution in [0.4, 0.5) is 0 Å². The zero-order valence-electron chi connectivity index (χ0n) is 19.6. The normalized spacial score (nSPS) is 9.52. The van der Waals surface area contributed by atoms with Gasteiger partial charge >= 0.3 is 0 Å². The van der Waals surface area contributed by atoms with Crippen molar-refractivity contribution in [2.45, 2.75) is 61.8 Å². The van der Waals surface area contributed by atoms with Gasteiger partial charge in [-0.1, -0.05) is 121 Å². The van der Waals surface area contributed by atoms with Crippen LogP contribution in [-0.4, -0.2) is 0 Å². The molecule has 0 aliphatic carbocycles. The SMILES string of the molecule is CC.CC.CC.CCc1ccc2c(-c3ccccc3)c(C)c3ccccc3c2c1. The maximum absolute atomic E-state index is 2.36. The number of hydrogen-bond donors (Lipinski definition) is 0. The van der Waals surface area contributed by atoms with Gasteiger partial charge in [-0.2, -0.15) is 0 Å². The van der Waals surface area contributed by atoms with E-state index in [1.807, 2.05) is 41.5 Å². The molecule has 0 atom stereocenters. The minimum absolute atomic E-state index is 1.07. The molecule has 0 unspecified atom stereocenters. The summed E-state index contributed by atoms with van der Waals surface area (Å²) >= 11 is 0. The summed E-state index contributed by atoms with van der Waals surface area (Å²) < 4.78 is 0. The molecule has 0 heteroatoms. The van der Waals surface area contributed by atoms with Gasteiger partial charge in [-0.3, -0.25) is 0 Å². The van der Waals surface area contributed by atoms with Crippen LogP contribution >= 0.6 is 0 Å². The smallest absolute Gasteiger partial charge is 0.00697 e. The van der Waals surface area contributed by atoms with Crippen LogP contribution in [0, 0.1) is 6.92 Å².